The number of benzene rings is 2. The van der Waals surface area contributed by atoms with Gasteiger partial charge in [-0.25, -0.2) is 0 Å². The fourth-order valence-electron chi connectivity index (χ4n) is 3.35. The van der Waals surface area contributed by atoms with Gasteiger partial charge in [-0.2, -0.15) is 0 Å². The number of nitrogens with one attached hydrogen (secondary N) is 1. The third kappa shape index (κ3) is 8.58. The number of rotatable bonds is 13. The van der Waals surface area contributed by atoms with Crippen LogP contribution in [0.5, 0.6) is 0 Å². The second-order valence-electron chi connectivity index (χ2n) is 7.48. The Labute approximate surface area is 195 Å². The molecule has 6 heteroatoms. The maximum atomic E-state index is 13.2. The molecule has 1 unspecified atom stereocenters. The third-order valence-corrected chi connectivity index (χ3v) is 6.48. The summed E-state index contributed by atoms with van der Waals surface area (Å²) < 4.78 is 0. The minimum Gasteiger partial charge on any atom is -0.354 e. The summed E-state index contributed by atoms with van der Waals surface area (Å²) in [6.45, 7) is 5.22. The van der Waals surface area contributed by atoms with Crippen LogP contribution < -0.4 is 5.32 Å². The van der Waals surface area contributed by atoms with E-state index in [4.69, 9.17) is 11.6 Å². The summed E-state index contributed by atoms with van der Waals surface area (Å²) in [5, 5.41) is 3.71. The lowest BCUT2D eigenvalue weighted by atomic mass is 10.1. The molecule has 1 atom stereocenters. The molecule has 0 aliphatic rings. The molecule has 0 spiro atoms. The number of amides is 2. The molecule has 0 aromatic heterocycles. The average molecular weight is 461 g/mol. The van der Waals surface area contributed by atoms with E-state index in [0.29, 0.717) is 36.0 Å². The highest BCUT2D eigenvalue weighted by molar-refractivity contribution is 7.99. The van der Waals surface area contributed by atoms with Crippen LogP contribution in [-0.4, -0.2) is 41.6 Å². The summed E-state index contributed by atoms with van der Waals surface area (Å²) >= 11 is 7.77. The Hall–Kier alpha value is -1.98. The van der Waals surface area contributed by atoms with E-state index in [1.54, 1.807) is 4.90 Å². The van der Waals surface area contributed by atoms with E-state index >= 15 is 0 Å². The summed E-state index contributed by atoms with van der Waals surface area (Å²) in [6.07, 6.45) is 3.27. The molecule has 0 bridgehead atoms. The molecule has 2 amide bonds. The molecule has 4 nitrogen and oxygen atoms in total. The van der Waals surface area contributed by atoms with Gasteiger partial charge in [0.15, 0.2) is 0 Å². The van der Waals surface area contributed by atoms with Crippen LogP contribution in [0.2, 0.25) is 5.02 Å². The molecule has 0 saturated heterocycles. The quantitative estimate of drug-likeness (QED) is 0.410. The SMILES string of the molecule is CCCCNC(=O)C(CC)N(CCc1ccccc1)C(=O)CSCc1ccccc1Cl. The van der Waals surface area contributed by atoms with E-state index in [-0.39, 0.29) is 11.8 Å². The van der Waals surface area contributed by atoms with Crippen molar-refractivity contribution in [3.63, 3.8) is 0 Å². The smallest absolute Gasteiger partial charge is 0.242 e. The molecule has 0 saturated carbocycles. The first kappa shape index (κ1) is 25.3. The predicted octanol–water partition coefficient (Wildman–Crippen LogP) is 5.34. The first-order valence-corrected chi connectivity index (χ1v) is 12.5. The molecule has 1 N–H and O–H groups in total. The number of unbranched alkanes of at least 4 members (excludes halogenated alkanes) is 1. The van der Waals surface area contributed by atoms with Crippen LogP contribution >= 0.6 is 23.4 Å². The van der Waals surface area contributed by atoms with Gasteiger partial charge in [-0.3, -0.25) is 9.59 Å². The minimum atomic E-state index is -0.450. The molecule has 0 aliphatic carbocycles. The lowest BCUT2D eigenvalue weighted by Gasteiger charge is -2.30. The van der Waals surface area contributed by atoms with E-state index in [1.165, 1.54) is 11.8 Å². The summed E-state index contributed by atoms with van der Waals surface area (Å²) in [4.78, 5) is 27.7. The second kappa shape index (κ2) is 14.2. The van der Waals surface area contributed by atoms with Crippen LogP contribution in [0.15, 0.2) is 54.6 Å². The first-order valence-electron chi connectivity index (χ1n) is 11.0. The van der Waals surface area contributed by atoms with Crippen LogP contribution in [0.4, 0.5) is 0 Å². The summed E-state index contributed by atoms with van der Waals surface area (Å²) in [5.74, 6) is 0.912. The van der Waals surface area contributed by atoms with E-state index in [9.17, 15) is 9.59 Å². The largest absolute Gasteiger partial charge is 0.354 e. The van der Waals surface area contributed by atoms with Crippen molar-refractivity contribution >= 4 is 35.2 Å². The van der Waals surface area contributed by atoms with Crippen molar-refractivity contribution in [2.45, 2.75) is 51.3 Å². The number of thioether (sulfide) groups is 1. The molecule has 2 rings (SSSR count). The van der Waals surface area contributed by atoms with Crippen molar-refractivity contribution in [3.05, 3.63) is 70.7 Å². The Morgan fingerprint density at radius 2 is 1.77 bits per heavy atom. The van der Waals surface area contributed by atoms with Gasteiger partial charge < -0.3 is 10.2 Å². The van der Waals surface area contributed by atoms with Gasteiger partial charge in [0.1, 0.15) is 6.04 Å². The van der Waals surface area contributed by atoms with Crippen LogP contribution in [0.3, 0.4) is 0 Å². The molecule has 0 radical (unpaired) electrons. The van der Waals surface area contributed by atoms with E-state index < -0.39 is 6.04 Å². The Morgan fingerprint density at radius 1 is 1.06 bits per heavy atom. The third-order valence-electron chi connectivity index (χ3n) is 5.14. The topological polar surface area (TPSA) is 49.4 Å². The molecular formula is C25H33ClN2O2S. The fourth-order valence-corrected chi connectivity index (χ4v) is 4.54. The number of hydrogen-bond acceptors (Lipinski definition) is 3. The maximum absolute atomic E-state index is 13.2. The monoisotopic (exact) mass is 460 g/mol. The zero-order valence-electron chi connectivity index (χ0n) is 18.5. The number of hydrogen-bond donors (Lipinski definition) is 1. The number of halogens is 1. The highest BCUT2D eigenvalue weighted by Gasteiger charge is 2.27. The van der Waals surface area contributed by atoms with Gasteiger partial charge in [0, 0.05) is 23.9 Å². The van der Waals surface area contributed by atoms with Crippen LogP contribution in [-0.2, 0) is 21.8 Å². The fraction of sp³-hybridized carbons (Fsp3) is 0.440. The highest BCUT2D eigenvalue weighted by Crippen LogP contribution is 2.21. The lowest BCUT2D eigenvalue weighted by molar-refractivity contribution is -0.138. The van der Waals surface area contributed by atoms with Crippen LogP contribution in [0.1, 0.15) is 44.2 Å². The van der Waals surface area contributed by atoms with Gasteiger partial charge in [0.25, 0.3) is 0 Å². The van der Waals surface area contributed by atoms with Gasteiger partial charge in [0.05, 0.1) is 5.75 Å². The van der Waals surface area contributed by atoms with Gasteiger partial charge in [-0.15, -0.1) is 11.8 Å². The number of carbonyl (C=O) groups excluding carboxylic acids is 2. The van der Waals surface area contributed by atoms with E-state index in [1.807, 2.05) is 49.4 Å². The molecule has 2 aromatic carbocycles. The van der Waals surface area contributed by atoms with E-state index in [2.05, 4.69) is 24.4 Å². The number of nitrogens with zero attached hydrogens (tertiary/aromatic N) is 1. The molecule has 31 heavy (non-hydrogen) atoms. The summed E-state index contributed by atoms with van der Waals surface area (Å²) in [7, 11) is 0. The molecule has 168 valence electrons. The van der Waals surface area contributed by atoms with Gasteiger partial charge in [-0.1, -0.05) is 80.4 Å². The van der Waals surface area contributed by atoms with Gasteiger partial charge in [-0.05, 0) is 36.5 Å². The van der Waals surface area contributed by atoms with Crippen LogP contribution in [0.25, 0.3) is 0 Å². The van der Waals surface area contributed by atoms with Crippen molar-refractivity contribution in [2.24, 2.45) is 0 Å². The second-order valence-corrected chi connectivity index (χ2v) is 8.87. The predicted molar refractivity (Wildman–Crippen MR) is 131 cm³/mol. The Morgan fingerprint density at radius 3 is 2.45 bits per heavy atom. The maximum Gasteiger partial charge on any atom is 0.242 e. The minimum absolute atomic E-state index is 0.00882. The Balaban J connectivity index is 2.04. The molecule has 0 fully saturated rings. The van der Waals surface area contributed by atoms with Crippen molar-refractivity contribution in [2.75, 3.05) is 18.8 Å². The molecule has 2 aromatic rings. The van der Waals surface area contributed by atoms with Gasteiger partial charge >= 0.3 is 0 Å². The normalized spacial score (nSPS) is 11.7. The summed E-state index contributed by atoms with van der Waals surface area (Å²) in [6, 6.07) is 17.3. The lowest BCUT2D eigenvalue weighted by Crippen LogP contribution is -2.50. The van der Waals surface area contributed by atoms with Crippen molar-refractivity contribution in [3.8, 4) is 0 Å². The zero-order chi connectivity index (χ0) is 22.5. The Bertz CT molecular complexity index is 816. The first-order chi connectivity index (χ1) is 15.1. The molecule has 0 heterocycles. The van der Waals surface area contributed by atoms with Crippen molar-refractivity contribution in [1.82, 2.24) is 10.2 Å². The van der Waals surface area contributed by atoms with Crippen molar-refractivity contribution in [1.29, 1.82) is 0 Å². The Kier molecular flexibility index (Phi) is 11.5. The summed E-state index contributed by atoms with van der Waals surface area (Å²) in [5.41, 5.74) is 2.17. The van der Waals surface area contributed by atoms with Gasteiger partial charge in [0.2, 0.25) is 11.8 Å². The van der Waals surface area contributed by atoms with E-state index in [0.717, 1.165) is 30.4 Å². The standard InChI is InChI=1S/C25H33ClN2O2S/c1-3-5-16-27-25(30)23(4-2)28(17-15-20-11-7-6-8-12-20)24(29)19-31-18-21-13-9-10-14-22(21)26/h6-14,23H,3-5,15-19H2,1-2H3,(H,27,30). The highest BCUT2D eigenvalue weighted by atomic mass is 35.5. The molecule has 0 aliphatic heterocycles. The average Bonchev–Trinajstić information content (AvgIpc) is 2.78. The zero-order valence-corrected chi connectivity index (χ0v) is 20.1. The molecular weight excluding hydrogens is 428 g/mol. The van der Waals surface area contributed by atoms with Crippen molar-refractivity contribution < 1.29 is 9.59 Å². The van der Waals surface area contributed by atoms with Crippen LogP contribution in [0, 0.1) is 0 Å². The number of carbonyl (C=O) groups is 2.